The molecule has 0 spiro atoms. The Morgan fingerprint density at radius 3 is 2.38 bits per heavy atom. The number of rotatable bonds is 7. The van der Waals surface area contributed by atoms with Gasteiger partial charge in [0.15, 0.2) is 5.78 Å². The SMILES string of the molecule is COCc1nnc(CC(=O)c2cc(N3CCOCC3)nc(N3CCOCC3)n2)s1. The van der Waals surface area contributed by atoms with Crippen molar-refractivity contribution in [1.82, 2.24) is 20.2 Å². The van der Waals surface area contributed by atoms with Crippen LogP contribution in [0.3, 0.4) is 0 Å². The molecule has 2 aliphatic rings. The van der Waals surface area contributed by atoms with Gasteiger partial charge in [0.1, 0.15) is 21.5 Å². The van der Waals surface area contributed by atoms with Crippen molar-refractivity contribution in [2.45, 2.75) is 13.0 Å². The maximum Gasteiger partial charge on any atom is 0.228 e. The summed E-state index contributed by atoms with van der Waals surface area (Å²) in [5.74, 6) is 1.22. The number of hydrogen-bond donors (Lipinski definition) is 0. The summed E-state index contributed by atoms with van der Waals surface area (Å²) < 4.78 is 15.9. The van der Waals surface area contributed by atoms with Gasteiger partial charge in [-0.25, -0.2) is 4.98 Å². The summed E-state index contributed by atoms with van der Waals surface area (Å²) in [6.07, 6.45) is 0.156. The summed E-state index contributed by atoms with van der Waals surface area (Å²) in [6.45, 7) is 5.83. The predicted octanol–water partition coefficient (Wildman–Crippen LogP) is 0.573. The largest absolute Gasteiger partial charge is 0.378 e. The van der Waals surface area contributed by atoms with Gasteiger partial charge in [-0.15, -0.1) is 10.2 Å². The summed E-state index contributed by atoms with van der Waals surface area (Å²) >= 11 is 1.38. The highest BCUT2D eigenvalue weighted by atomic mass is 32.1. The topological polar surface area (TPSA) is 103 Å². The lowest BCUT2D eigenvalue weighted by molar-refractivity contribution is 0.0987. The molecule has 0 bridgehead atoms. The number of Topliss-reactive ketones (excluding diaryl/α,β-unsaturated/α-hetero) is 1. The van der Waals surface area contributed by atoms with Gasteiger partial charge in [-0.05, 0) is 0 Å². The van der Waals surface area contributed by atoms with Crippen LogP contribution >= 0.6 is 11.3 Å². The number of nitrogens with zero attached hydrogens (tertiary/aromatic N) is 6. The Labute approximate surface area is 172 Å². The molecule has 0 aromatic carbocycles. The van der Waals surface area contributed by atoms with Gasteiger partial charge in [-0.3, -0.25) is 4.79 Å². The molecule has 0 amide bonds. The van der Waals surface area contributed by atoms with Gasteiger partial charge in [-0.2, -0.15) is 4.98 Å². The van der Waals surface area contributed by atoms with E-state index in [0.717, 1.165) is 23.9 Å². The number of morpholine rings is 2. The van der Waals surface area contributed by atoms with E-state index >= 15 is 0 Å². The third-order valence-electron chi connectivity index (χ3n) is 4.70. The average Bonchev–Trinajstić information content (AvgIpc) is 3.22. The Morgan fingerprint density at radius 1 is 1.03 bits per heavy atom. The van der Waals surface area contributed by atoms with Crippen molar-refractivity contribution in [3.63, 3.8) is 0 Å². The minimum Gasteiger partial charge on any atom is -0.378 e. The van der Waals surface area contributed by atoms with Crippen molar-refractivity contribution < 1.29 is 19.0 Å². The third kappa shape index (κ3) is 5.04. The molecule has 2 aliphatic heterocycles. The van der Waals surface area contributed by atoms with Crippen LogP contribution in [0.2, 0.25) is 0 Å². The highest BCUT2D eigenvalue weighted by molar-refractivity contribution is 7.11. The van der Waals surface area contributed by atoms with Crippen LogP contribution in [0.4, 0.5) is 11.8 Å². The van der Waals surface area contributed by atoms with Crippen LogP contribution in [0.1, 0.15) is 20.5 Å². The van der Waals surface area contributed by atoms with Crippen LogP contribution in [0.5, 0.6) is 0 Å². The van der Waals surface area contributed by atoms with Crippen molar-refractivity contribution >= 4 is 28.9 Å². The Kier molecular flexibility index (Phi) is 6.60. The molecule has 0 radical (unpaired) electrons. The van der Waals surface area contributed by atoms with Crippen LogP contribution in [-0.2, 0) is 27.2 Å². The van der Waals surface area contributed by atoms with Gasteiger partial charge < -0.3 is 24.0 Å². The zero-order valence-electron chi connectivity index (χ0n) is 16.4. The van der Waals surface area contributed by atoms with E-state index in [-0.39, 0.29) is 12.2 Å². The van der Waals surface area contributed by atoms with Crippen molar-refractivity contribution in [3.05, 3.63) is 21.8 Å². The Bertz CT molecular complexity index is 799. The first-order valence-electron chi connectivity index (χ1n) is 9.61. The fourth-order valence-corrected chi connectivity index (χ4v) is 4.01. The van der Waals surface area contributed by atoms with Crippen molar-refractivity contribution in [2.24, 2.45) is 0 Å². The smallest absolute Gasteiger partial charge is 0.228 e. The van der Waals surface area contributed by atoms with E-state index in [2.05, 4.69) is 25.0 Å². The van der Waals surface area contributed by atoms with Gasteiger partial charge in [0.05, 0.1) is 39.5 Å². The van der Waals surface area contributed by atoms with E-state index in [1.54, 1.807) is 13.2 Å². The van der Waals surface area contributed by atoms with Crippen LogP contribution in [0, 0.1) is 0 Å². The molecule has 156 valence electrons. The van der Waals surface area contributed by atoms with Gasteiger partial charge >= 0.3 is 0 Å². The highest BCUT2D eigenvalue weighted by Crippen LogP contribution is 2.21. The summed E-state index contributed by atoms with van der Waals surface area (Å²) in [5, 5.41) is 9.55. The molecule has 0 unspecified atom stereocenters. The van der Waals surface area contributed by atoms with Crippen molar-refractivity contribution in [2.75, 3.05) is 69.5 Å². The second-order valence-corrected chi connectivity index (χ2v) is 7.88. The number of hydrogen-bond acceptors (Lipinski definition) is 11. The zero-order chi connectivity index (χ0) is 20.1. The Balaban J connectivity index is 1.58. The Hall–Kier alpha value is -2.21. The fraction of sp³-hybridized carbons (Fsp3) is 0.611. The van der Waals surface area contributed by atoms with Gasteiger partial charge in [0, 0.05) is 39.4 Å². The monoisotopic (exact) mass is 420 g/mol. The first-order chi connectivity index (χ1) is 14.2. The fourth-order valence-electron chi connectivity index (χ4n) is 3.19. The third-order valence-corrected chi connectivity index (χ3v) is 5.60. The first-order valence-corrected chi connectivity index (χ1v) is 10.4. The summed E-state index contributed by atoms with van der Waals surface area (Å²) in [4.78, 5) is 26.5. The van der Waals surface area contributed by atoms with Crippen LogP contribution < -0.4 is 9.80 Å². The maximum atomic E-state index is 13.0. The molecule has 2 fully saturated rings. The number of ketones is 1. The molecule has 0 aliphatic carbocycles. The molecule has 29 heavy (non-hydrogen) atoms. The van der Waals surface area contributed by atoms with Crippen LogP contribution in [0.25, 0.3) is 0 Å². The van der Waals surface area contributed by atoms with Gasteiger partial charge in [0.2, 0.25) is 5.95 Å². The zero-order valence-corrected chi connectivity index (χ0v) is 17.2. The standard InChI is InChI=1S/C18H24N6O4S/c1-26-12-17-22-21-16(29-17)11-14(25)13-10-15(23-2-6-27-7-3-23)20-18(19-13)24-4-8-28-9-5-24/h10H,2-9,11-12H2,1H3. The first kappa shape index (κ1) is 20.1. The second kappa shape index (κ2) is 9.53. The number of carbonyl (C=O) groups is 1. The normalized spacial score (nSPS) is 17.6. The average molecular weight is 420 g/mol. The van der Waals surface area contributed by atoms with E-state index in [0.29, 0.717) is 62.8 Å². The second-order valence-electron chi connectivity index (χ2n) is 6.73. The van der Waals surface area contributed by atoms with Gasteiger partial charge in [0.25, 0.3) is 0 Å². The lowest BCUT2D eigenvalue weighted by atomic mass is 10.2. The Morgan fingerprint density at radius 2 is 1.69 bits per heavy atom. The van der Waals surface area contributed by atoms with E-state index in [4.69, 9.17) is 19.2 Å². The summed E-state index contributed by atoms with van der Waals surface area (Å²) in [7, 11) is 1.60. The number of ether oxygens (including phenoxy) is 3. The molecular weight excluding hydrogens is 396 g/mol. The molecule has 0 saturated carbocycles. The molecule has 0 atom stereocenters. The lowest BCUT2D eigenvalue weighted by Crippen LogP contribution is -2.39. The predicted molar refractivity (Wildman–Crippen MR) is 107 cm³/mol. The van der Waals surface area contributed by atoms with E-state index in [1.165, 1.54) is 11.3 Å². The highest BCUT2D eigenvalue weighted by Gasteiger charge is 2.22. The summed E-state index contributed by atoms with van der Waals surface area (Å²) in [6, 6.07) is 1.77. The lowest BCUT2D eigenvalue weighted by Gasteiger charge is -2.31. The van der Waals surface area contributed by atoms with Gasteiger partial charge in [-0.1, -0.05) is 11.3 Å². The van der Waals surface area contributed by atoms with E-state index in [9.17, 15) is 4.79 Å². The molecule has 2 aromatic rings. The molecule has 4 rings (SSSR count). The molecule has 0 N–H and O–H groups in total. The van der Waals surface area contributed by atoms with Crippen molar-refractivity contribution in [3.8, 4) is 0 Å². The van der Waals surface area contributed by atoms with E-state index < -0.39 is 0 Å². The van der Waals surface area contributed by atoms with Crippen LogP contribution in [-0.4, -0.2) is 85.7 Å². The quantitative estimate of drug-likeness (QED) is 0.591. The summed E-state index contributed by atoms with van der Waals surface area (Å²) in [5.41, 5.74) is 0.395. The number of carbonyl (C=O) groups excluding carboxylic acids is 1. The molecule has 11 heteroatoms. The molecule has 2 aromatic heterocycles. The molecule has 10 nitrogen and oxygen atoms in total. The number of anilines is 2. The molecule has 4 heterocycles. The molecular formula is C18H24N6O4S. The van der Waals surface area contributed by atoms with E-state index in [1.807, 2.05) is 0 Å². The number of methoxy groups -OCH3 is 1. The minimum atomic E-state index is -0.100. The van der Waals surface area contributed by atoms with Crippen molar-refractivity contribution in [1.29, 1.82) is 0 Å². The van der Waals surface area contributed by atoms with Crippen LogP contribution in [0.15, 0.2) is 6.07 Å². The minimum absolute atomic E-state index is 0.100. The maximum absolute atomic E-state index is 13.0. The molecule has 2 saturated heterocycles. The number of aromatic nitrogens is 4.